The molecule has 0 spiro atoms. The number of nitrogens with one attached hydrogen (secondary N) is 2. The van der Waals surface area contributed by atoms with E-state index >= 15 is 0 Å². The van der Waals surface area contributed by atoms with Gasteiger partial charge in [0.2, 0.25) is 0 Å². The number of nitrogens with zero attached hydrogens (tertiary/aromatic N) is 1. The van der Waals surface area contributed by atoms with E-state index in [0.29, 0.717) is 12.1 Å². The Morgan fingerprint density at radius 3 is 2.43 bits per heavy atom. The van der Waals surface area contributed by atoms with Crippen LogP contribution >= 0.6 is 0 Å². The highest BCUT2D eigenvalue weighted by molar-refractivity contribution is 5.80. The summed E-state index contributed by atoms with van der Waals surface area (Å²) in [5.41, 5.74) is 0.0360. The van der Waals surface area contributed by atoms with E-state index in [-0.39, 0.29) is 11.0 Å². The van der Waals surface area contributed by atoms with Gasteiger partial charge in [-0.2, -0.15) is 0 Å². The number of aliphatic imine (C=N–C) groups is 1. The number of guanidine groups is 1. The van der Waals surface area contributed by atoms with Gasteiger partial charge in [0, 0.05) is 44.4 Å². The molecule has 0 bridgehead atoms. The smallest absolute Gasteiger partial charge is 0.191 e. The van der Waals surface area contributed by atoms with Crippen molar-refractivity contribution in [2.24, 2.45) is 10.4 Å². The summed E-state index contributed by atoms with van der Waals surface area (Å²) in [6, 6.07) is 0.855. The molecule has 0 aromatic carbocycles. The largest absolute Gasteiger partial charge is 0.381 e. The van der Waals surface area contributed by atoms with Gasteiger partial charge in [-0.15, -0.1) is 0 Å². The molecule has 2 aliphatic rings. The molecule has 2 fully saturated rings. The predicted molar refractivity (Wildman–Crippen MR) is 85.7 cm³/mol. The standard InChI is InChI=1S/C16H31N3O2/c1-6-17-14(18-12-7-9-21-10-8-12)19-13-11-16(4,20-5)15(13,2)3/h12-13H,6-11H2,1-5H3,(H2,17,18,19). The highest BCUT2D eigenvalue weighted by Crippen LogP contribution is 2.51. The normalized spacial score (nSPS) is 33.4. The van der Waals surface area contributed by atoms with E-state index < -0.39 is 0 Å². The van der Waals surface area contributed by atoms with Gasteiger partial charge in [-0.1, -0.05) is 13.8 Å². The van der Waals surface area contributed by atoms with Crippen LogP contribution in [0.15, 0.2) is 4.99 Å². The van der Waals surface area contributed by atoms with Gasteiger partial charge in [0.05, 0.1) is 5.60 Å². The topological polar surface area (TPSA) is 54.9 Å². The molecule has 2 rings (SSSR count). The molecule has 122 valence electrons. The third-order valence-corrected chi connectivity index (χ3v) is 5.47. The molecule has 5 nitrogen and oxygen atoms in total. The van der Waals surface area contributed by atoms with Gasteiger partial charge < -0.3 is 20.1 Å². The molecule has 0 aromatic heterocycles. The van der Waals surface area contributed by atoms with Crippen LogP contribution < -0.4 is 10.6 Å². The Morgan fingerprint density at radius 1 is 1.24 bits per heavy atom. The maximum atomic E-state index is 5.69. The maximum Gasteiger partial charge on any atom is 0.191 e. The zero-order valence-corrected chi connectivity index (χ0v) is 14.2. The second kappa shape index (κ2) is 6.53. The molecular formula is C16H31N3O2. The van der Waals surface area contributed by atoms with E-state index in [4.69, 9.17) is 9.47 Å². The van der Waals surface area contributed by atoms with E-state index in [1.54, 1.807) is 7.11 Å². The van der Waals surface area contributed by atoms with Crippen LogP contribution in [-0.4, -0.2) is 50.5 Å². The van der Waals surface area contributed by atoms with Crippen molar-refractivity contribution >= 4 is 5.96 Å². The zero-order valence-electron chi connectivity index (χ0n) is 14.2. The van der Waals surface area contributed by atoms with Gasteiger partial charge in [-0.05, 0) is 33.1 Å². The molecule has 5 heteroatoms. The van der Waals surface area contributed by atoms with Crippen LogP contribution in [0.4, 0.5) is 0 Å². The van der Waals surface area contributed by atoms with Crippen molar-refractivity contribution in [1.29, 1.82) is 0 Å². The average Bonchev–Trinajstić information content (AvgIpc) is 2.47. The Bertz CT molecular complexity index is 378. The summed E-state index contributed by atoms with van der Waals surface area (Å²) in [4.78, 5) is 4.59. The Morgan fingerprint density at radius 2 is 1.90 bits per heavy atom. The van der Waals surface area contributed by atoms with E-state index in [2.05, 4.69) is 43.3 Å². The summed E-state index contributed by atoms with van der Waals surface area (Å²) in [5, 5.41) is 7.16. The number of methoxy groups -OCH3 is 1. The van der Waals surface area contributed by atoms with Crippen molar-refractivity contribution in [3.63, 3.8) is 0 Å². The monoisotopic (exact) mass is 297 g/mol. The number of hydrogen-bond acceptors (Lipinski definition) is 3. The SMILES string of the molecule is CCN=C(NC1CCOCC1)NC1CC(C)(OC)C1(C)C. The van der Waals surface area contributed by atoms with Crippen molar-refractivity contribution in [3.8, 4) is 0 Å². The summed E-state index contributed by atoms with van der Waals surface area (Å²) in [5.74, 6) is 0.931. The fraction of sp³-hybridized carbons (Fsp3) is 0.938. The number of hydrogen-bond donors (Lipinski definition) is 2. The fourth-order valence-electron chi connectivity index (χ4n) is 3.21. The van der Waals surface area contributed by atoms with Crippen molar-refractivity contribution < 1.29 is 9.47 Å². The highest BCUT2D eigenvalue weighted by atomic mass is 16.5. The molecule has 1 saturated carbocycles. The van der Waals surface area contributed by atoms with Crippen molar-refractivity contribution in [2.45, 2.75) is 64.6 Å². The van der Waals surface area contributed by atoms with Crippen molar-refractivity contribution in [1.82, 2.24) is 10.6 Å². The summed E-state index contributed by atoms with van der Waals surface area (Å²) in [7, 11) is 1.80. The van der Waals surface area contributed by atoms with E-state index in [1.807, 2.05) is 0 Å². The van der Waals surface area contributed by atoms with Crippen LogP contribution in [0.5, 0.6) is 0 Å². The van der Waals surface area contributed by atoms with Gasteiger partial charge >= 0.3 is 0 Å². The summed E-state index contributed by atoms with van der Waals surface area (Å²) < 4.78 is 11.1. The van der Waals surface area contributed by atoms with Gasteiger partial charge in [-0.25, -0.2) is 0 Å². The lowest BCUT2D eigenvalue weighted by molar-refractivity contribution is -0.176. The van der Waals surface area contributed by atoms with Gasteiger partial charge in [-0.3, -0.25) is 4.99 Å². The quantitative estimate of drug-likeness (QED) is 0.615. The van der Waals surface area contributed by atoms with Crippen molar-refractivity contribution in [3.05, 3.63) is 0 Å². The Balaban J connectivity index is 1.93. The lowest BCUT2D eigenvalue weighted by Gasteiger charge is -2.59. The van der Waals surface area contributed by atoms with Crippen molar-refractivity contribution in [2.75, 3.05) is 26.9 Å². The molecule has 0 aromatic rings. The number of ether oxygens (including phenoxy) is 2. The first kappa shape index (κ1) is 16.6. The lowest BCUT2D eigenvalue weighted by Crippen LogP contribution is -2.69. The first-order chi connectivity index (χ1) is 9.93. The molecule has 1 aliphatic heterocycles. The van der Waals surface area contributed by atoms with Gasteiger partial charge in [0.25, 0.3) is 0 Å². The van der Waals surface area contributed by atoms with Crippen LogP contribution in [0.25, 0.3) is 0 Å². The van der Waals surface area contributed by atoms with E-state index in [1.165, 1.54) is 0 Å². The molecule has 2 unspecified atom stereocenters. The average molecular weight is 297 g/mol. The highest BCUT2D eigenvalue weighted by Gasteiger charge is 2.58. The predicted octanol–water partition coefficient (Wildman–Crippen LogP) is 1.92. The molecule has 1 saturated heterocycles. The lowest BCUT2D eigenvalue weighted by atomic mass is 9.56. The second-order valence-electron chi connectivity index (χ2n) is 6.91. The molecule has 0 radical (unpaired) electrons. The van der Waals surface area contributed by atoms with E-state index in [0.717, 1.165) is 45.0 Å². The van der Waals surface area contributed by atoms with Gasteiger partial charge in [0.1, 0.15) is 0 Å². The van der Waals surface area contributed by atoms with Crippen LogP contribution in [-0.2, 0) is 9.47 Å². The molecular weight excluding hydrogens is 266 g/mol. The third-order valence-electron chi connectivity index (χ3n) is 5.47. The molecule has 1 aliphatic carbocycles. The maximum absolute atomic E-state index is 5.69. The number of rotatable bonds is 4. The summed E-state index contributed by atoms with van der Waals surface area (Å²) >= 11 is 0. The Kier molecular flexibility index (Phi) is 5.15. The minimum atomic E-state index is -0.0549. The first-order valence-corrected chi connectivity index (χ1v) is 8.13. The first-order valence-electron chi connectivity index (χ1n) is 8.13. The second-order valence-corrected chi connectivity index (χ2v) is 6.91. The molecule has 2 atom stereocenters. The van der Waals surface area contributed by atoms with Crippen LogP contribution in [0.1, 0.15) is 47.0 Å². The minimum absolute atomic E-state index is 0.0549. The van der Waals surface area contributed by atoms with Crippen LogP contribution in [0, 0.1) is 5.41 Å². The zero-order chi connectivity index (χ0) is 15.5. The summed E-state index contributed by atoms with van der Waals surface area (Å²) in [6.45, 7) is 11.2. The molecule has 2 N–H and O–H groups in total. The molecule has 21 heavy (non-hydrogen) atoms. The molecule has 0 amide bonds. The Labute approximate surface area is 128 Å². The third kappa shape index (κ3) is 3.34. The summed E-state index contributed by atoms with van der Waals surface area (Å²) in [6.07, 6.45) is 3.11. The van der Waals surface area contributed by atoms with Crippen LogP contribution in [0.2, 0.25) is 0 Å². The molecule has 1 heterocycles. The minimum Gasteiger partial charge on any atom is -0.381 e. The Hall–Kier alpha value is -0.810. The fourth-order valence-corrected chi connectivity index (χ4v) is 3.21. The van der Waals surface area contributed by atoms with Crippen LogP contribution in [0.3, 0.4) is 0 Å². The van der Waals surface area contributed by atoms with E-state index in [9.17, 15) is 0 Å². The van der Waals surface area contributed by atoms with Gasteiger partial charge in [0.15, 0.2) is 5.96 Å².